The number of ether oxygens (including phenoxy) is 1. The molecule has 1 atom stereocenters. The van der Waals surface area contributed by atoms with Crippen LogP contribution in [0, 0.1) is 22.2 Å². The van der Waals surface area contributed by atoms with E-state index >= 15 is 0 Å². The van der Waals surface area contributed by atoms with Gasteiger partial charge in [-0.25, -0.2) is 0 Å². The van der Waals surface area contributed by atoms with Crippen LogP contribution >= 0.6 is 0 Å². The third kappa shape index (κ3) is 0.989. The van der Waals surface area contributed by atoms with Gasteiger partial charge in [0.25, 0.3) is 0 Å². The molecule has 3 nitrogen and oxygen atoms in total. The molecule has 3 heteroatoms. The molecule has 0 aromatic carbocycles. The smallest absolute Gasteiger partial charge is 0.327 e. The number of carbonyl (C=O) groups is 1. The summed E-state index contributed by atoms with van der Waals surface area (Å²) in [5.74, 6) is -0.363. The van der Waals surface area contributed by atoms with E-state index in [-0.39, 0.29) is 11.4 Å². The summed E-state index contributed by atoms with van der Waals surface area (Å²) < 4.78 is 4.83. The van der Waals surface area contributed by atoms with Crippen molar-refractivity contribution in [1.82, 2.24) is 0 Å². The minimum absolute atomic E-state index is 0.200. The van der Waals surface area contributed by atoms with Crippen molar-refractivity contribution in [1.29, 1.82) is 5.26 Å². The van der Waals surface area contributed by atoms with E-state index in [9.17, 15) is 4.79 Å². The normalized spacial score (nSPS) is 30.5. The molecule has 1 fully saturated rings. The van der Waals surface area contributed by atoms with Crippen LogP contribution in [0.2, 0.25) is 0 Å². The van der Waals surface area contributed by atoms with Gasteiger partial charge in [0.15, 0.2) is 5.41 Å². The Morgan fingerprint density at radius 2 is 2.17 bits per heavy atom. The van der Waals surface area contributed by atoms with Crippen LogP contribution in [0.15, 0.2) is 0 Å². The fraction of sp³-hybridized carbons (Fsp3) is 0.778. The van der Waals surface area contributed by atoms with E-state index in [1.165, 1.54) is 0 Å². The molecule has 0 saturated heterocycles. The van der Waals surface area contributed by atoms with Crippen LogP contribution in [0.4, 0.5) is 0 Å². The highest BCUT2D eigenvalue weighted by atomic mass is 16.5. The Kier molecular flexibility index (Phi) is 1.87. The summed E-state index contributed by atoms with van der Waals surface area (Å²) >= 11 is 0. The first-order chi connectivity index (χ1) is 5.50. The predicted octanol–water partition coefficient (Wildman–Crippen LogP) is 1.49. The molecule has 0 aromatic rings. The lowest BCUT2D eigenvalue weighted by Crippen LogP contribution is -2.22. The topological polar surface area (TPSA) is 50.1 Å². The Morgan fingerprint density at radius 1 is 1.67 bits per heavy atom. The molecule has 1 unspecified atom stereocenters. The van der Waals surface area contributed by atoms with Crippen molar-refractivity contribution in [3.05, 3.63) is 0 Å². The average molecular weight is 167 g/mol. The molecule has 0 aliphatic heterocycles. The second-order valence-electron chi connectivity index (χ2n) is 3.80. The second kappa shape index (κ2) is 2.48. The lowest BCUT2D eigenvalue weighted by Gasteiger charge is -2.09. The summed E-state index contributed by atoms with van der Waals surface area (Å²) in [5, 5.41) is 8.84. The van der Waals surface area contributed by atoms with Crippen LogP contribution in [-0.2, 0) is 9.53 Å². The van der Waals surface area contributed by atoms with Gasteiger partial charge in [-0.2, -0.15) is 5.26 Å². The number of hydrogen-bond acceptors (Lipinski definition) is 3. The van der Waals surface area contributed by atoms with E-state index in [0.29, 0.717) is 13.0 Å². The Hall–Kier alpha value is -1.04. The van der Waals surface area contributed by atoms with Crippen LogP contribution in [0.25, 0.3) is 0 Å². The Balaban J connectivity index is 2.75. The molecule has 0 radical (unpaired) electrons. The largest absolute Gasteiger partial charge is 0.465 e. The minimum atomic E-state index is -0.858. The van der Waals surface area contributed by atoms with Crippen molar-refractivity contribution in [3.8, 4) is 6.07 Å². The standard InChI is InChI=1S/C9H13NO2/c1-4-12-7(11)9(6-10)5-8(9,2)3/h4-5H2,1-3H3. The first kappa shape index (κ1) is 9.05. The molecule has 1 aliphatic rings. The van der Waals surface area contributed by atoms with Gasteiger partial charge < -0.3 is 4.74 Å². The number of esters is 1. The third-order valence-corrected chi connectivity index (χ3v) is 2.55. The molecule has 66 valence electrons. The zero-order valence-corrected chi connectivity index (χ0v) is 7.68. The van der Waals surface area contributed by atoms with Gasteiger partial charge in [-0.05, 0) is 18.8 Å². The number of carbonyl (C=O) groups excluding carboxylic acids is 1. The highest BCUT2D eigenvalue weighted by Crippen LogP contribution is 2.63. The molecular formula is C9H13NO2. The lowest BCUT2D eigenvalue weighted by atomic mass is 9.98. The van der Waals surface area contributed by atoms with Crippen molar-refractivity contribution >= 4 is 5.97 Å². The summed E-state index contributed by atoms with van der Waals surface area (Å²) in [4.78, 5) is 11.3. The highest BCUT2D eigenvalue weighted by molar-refractivity contribution is 5.85. The van der Waals surface area contributed by atoms with Crippen molar-refractivity contribution in [2.45, 2.75) is 27.2 Å². The van der Waals surface area contributed by atoms with Gasteiger partial charge >= 0.3 is 5.97 Å². The molecule has 12 heavy (non-hydrogen) atoms. The maximum atomic E-state index is 11.3. The molecule has 1 rings (SSSR count). The van der Waals surface area contributed by atoms with Crippen molar-refractivity contribution in [3.63, 3.8) is 0 Å². The fourth-order valence-corrected chi connectivity index (χ4v) is 1.46. The van der Waals surface area contributed by atoms with Crippen LogP contribution in [-0.4, -0.2) is 12.6 Å². The molecule has 1 aliphatic carbocycles. The Morgan fingerprint density at radius 3 is 2.42 bits per heavy atom. The van der Waals surface area contributed by atoms with Gasteiger partial charge in [0, 0.05) is 0 Å². The van der Waals surface area contributed by atoms with Crippen LogP contribution < -0.4 is 0 Å². The Bertz CT molecular complexity index is 252. The molecule has 0 bridgehead atoms. The van der Waals surface area contributed by atoms with Gasteiger partial charge in [-0.1, -0.05) is 13.8 Å². The summed E-state index contributed by atoms with van der Waals surface area (Å²) in [6.07, 6.45) is 0.620. The molecule has 0 N–H and O–H groups in total. The zero-order chi connectivity index (χ0) is 9.41. The van der Waals surface area contributed by atoms with E-state index in [2.05, 4.69) is 6.07 Å². The number of nitriles is 1. The summed E-state index contributed by atoms with van der Waals surface area (Å²) in [6, 6.07) is 2.05. The van der Waals surface area contributed by atoms with Gasteiger partial charge in [-0.15, -0.1) is 0 Å². The number of rotatable bonds is 2. The first-order valence-corrected chi connectivity index (χ1v) is 4.08. The van der Waals surface area contributed by atoms with Gasteiger partial charge in [0.2, 0.25) is 0 Å². The monoisotopic (exact) mass is 167 g/mol. The van der Waals surface area contributed by atoms with Crippen molar-refractivity contribution in [2.24, 2.45) is 10.8 Å². The highest BCUT2D eigenvalue weighted by Gasteiger charge is 2.68. The predicted molar refractivity (Wildman–Crippen MR) is 43.1 cm³/mol. The minimum Gasteiger partial charge on any atom is -0.465 e. The SMILES string of the molecule is CCOC(=O)C1(C#N)CC1(C)C. The maximum Gasteiger partial charge on any atom is 0.327 e. The molecule has 0 heterocycles. The maximum absolute atomic E-state index is 11.3. The van der Waals surface area contributed by atoms with Gasteiger partial charge in [-0.3, -0.25) is 4.79 Å². The zero-order valence-electron chi connectivity index (χ0n) is 7.68. The second-order valence-corrected chi connectivity index (χ2v) is 3.80. The van der Waals surface area contributed by atoms with Crippen molar-refractivity contribution < 1.29 is 9.53 Å². The van der Waals surface area contributed by atoms with Crippen LogP contribution in [0.3, 0.4) is 0 Å². The van der Waals surface area contributed by atoms with E-state index in [1.54, 1.807) is 6.92 Å². The third-order valence-electron chi connectivity index (χ3n) is 2.55. The molecule has 0 aromatic heterocycles. The van der Waals surface area contributed by atoms with E-state index in [0.717, 1.165) is 0 Å². The molecular weight excluding hydrogens is 154 g/mol. The number of hydrogen-bond donors (Lipinski definition) is 0. The molecule has 0 spiro atoms. The average Bonchev–Trinajstić information content (AvgIpc) is 2.55. The number of nitrogens with zero attached hydrogens (tertiary/aromatic N) is 1. The van der Waals surface area contributed by atoms with Gasteiger partial charge in [0.05, 0.1) is 12.7 Å². The van der Waals surface area contributed by atoms with E-state index in [4.69, 9.17) is 10.00 Å². The van der Waals surface area contributed by atoms with Crippen LogP contribution in [0.5, 0.6) is 0 Å². The summed E-state index contributed by atoms with van der Waals surface area (Å²) in [5.41, 5.74) is -1.06. The summed E-state index contributed by atoms with van der Waals surface area (Å²) in [6.45, 7) is 5.91. The Labute approximate surface area is 72.3 Å². The molecule has 1 saturated carbocycles. The van der Waals surface area contributed by atoms with Crippen molar-refractivity contribution in [2.75, 3.05) is 6.61 Å². The quantitative estimate of drug-likeness (QED) is 0.585. The fourth-order valence-electron chi connectivity index (χ4n) is 1.46. The molecule has 0 amide bonds. The summed E-state index contributed by atoms with van der Waals surface area (Å²) in [7, 11) is 0. The van der Waals surface area contributed by atoms with Gasteiger partial charge in [0.1, 0.15) is 0 Å². The lowest BCUT2D eigenvalue weighted by molar-refractivity contribution is -0.148. The van der Waals surface area contributed by atoms with E-state index < -0.39 is 5.41 Å². The van der Waals surface area contributed by atoms with E-state index in [1.807, 2.05) is 13.8 Å². The van der Waals surface area contributed by atoms with Crippen LogP contribution in [0.1, 0.15) is 27.2 Å². The first-order valence-electron chi connectivity index (χ1n) is 4.08.